The molecule has 0 radical (unpaired) electrons. The molecule has 0 saturated carbocycles. The summed E-state index contributed by atoms with van der Waals surface area (Å²) >= 11 is 1.46. The summed E-state index contributed by atoms with van der Waals surface area (Å²) < 4.78 is 0. The summed E-state index contributed by atoms with van der Waals surface area (Å²) in [6.45, 7) is 2.14. The minimum atomic E-state index is -0.928. The number of nitrogens with one attached hydrogen (secondary N) is 1. The predicted molar refractivity (Wildman–Crippen MR) is 72.9 cm³/mol. The van der Waals surface area contributed by atoms with Crippen LogP contribution in [0.4, 0.5) is 0 Å². The number of piperidine rings is 1. The van der Waals surface area contributed by atoms with Crippen molar-refractivity contribution in [3.8, 4) is 0 Å². The Kier molecular flexibility index (Phi) is 7.70. The van der Waals surface area contributed by atoms with Gasteiger partial charge in [-0.2, -0.15) is 0 Å². The lowest BCUT2D eigenvalue weighted by Crippen LogP contribution is -2.28. The molecule has 0 spiro atoms. The number of hydrogen-bond donors (Lipinski definition) is 2. The summed E-state index contributed by atoms with van der Waals surface area (Å²) in [7, 11) is 0. The van der Waals surface area contributed by atoms with E-state index in [-0.39, 0.29) is 30.5 Å². The lowest BCUT2D eigenvalue weighted by atomic mass is 9.95. The molecule has 1 saturated heterocycles. The van der Waals surface area contributed by atoms with Gasteiger partial charge in [0.05, 0.1) is 5.01 Å². The fourth-order valence-corrected chi connectivity index (χ4v) is 2.72. The normalized spacial score (nSPS) is 15.8. The first-order valence-electron chi connectivity index (χ1n) is 5.14. The molecule has 0 unspecified atom stereocenters. The number of carboxylic acid groups (broad SMARTS) is 1. The molecule has 2 N–H and O–H groups in total. The van der Waals surface area contributed by atoms with Gasteiger partial charge >= 0.3 is 5.97 Å². The summed E-state index contributed by atoms with van der Waals surface area (Å²) in [4.78, 5) is 14.7. The maximum Gasteiger partial charge on any atom is 0.355 e. The van der Waals surface area contributed by atoms with Crippen LogP contribution in [-0.2, 0) is 6.42 Å². The van der Waals surface area contributed by atoms with Gasteiger partial charge in [0.15, 0.2) is 5.69 Å². The lowest BCUT2D eigenvalue weighted by molar-refractivity contribution is 0.0691. The van der Waals surface area contributed by atoms with Gasteiger partial charge in [-0.05, 0) is 31.8 Å². The van der Waals surface area contributed by atoms with E-state index in [0.29, 0.717) is 5.92 Å². The van der Waals surface area contributed by atoms with Gasteiger partial charge in [0.25, 0.3) is 0 Å². The first-order chi connectivity index (χ1) is 7.25. The molecule has 0 aromatic carbocycles. The number of rotatable bonds is 3. The first kappa shape index (κ1) is 16.6. The fourth-order valence-electron chi connectivity index (χ4n) is 1.84. The molecular weight excluding hydrogens is 283 g/mol. The highest BCUT2D eigenvalue weighted by molar-refractivity contribution is 7.09. The molecule has 2 heterocycles. The number of carboxylic acids is 1. The highest BCUT2D eigenvalue weighted by Gasteiger charge is 2.16. The Bertz CT molecular complexity index is 354. The molecule has 1 aromatic rings. The van der Waals surface area contributed by atoms with E-state index in [1.54, 1.807) is 5.38 Å². The minimum Gasteiger partial charge on any atom is -0.476 e. The van der Waals surface area contributed by atoms with Crippen molar-refractivity contribution in [2.75, 3.05) is 13.1 Å². The Balaban J connectivity index is 0.00000128. The maximum absolute atomic E-state index is 10.6. The Labute approximate surface area is 117 Å². The molecule has 98 valence electrons. The molecule has 0 amide bonds. The number of aromatic carboxylic acids is 1. The predicted octanol–water partition coefficient (Wildman–Crippen LogP) is 2.23. The van der Waals surface area contributed by atoms with Crippen LogP contribution in [0.5, 0.6) is 0 Å². The van der Waals surface area contributed by atoms with Crippen LogP contribution in [0.15, 0.2) is 5.38 Å². The molecule has 2 rings (SSSR count). The van der Waals surface area contributed by atoms with E-state index >= 15 is 0 Å². The van der Waals surface area contributed by atoms with Crippen molar-refractivity contribution in [2.45, 2.75) is 19.3 Å². The Morgan fingerprint density at radius 3 is 2.65 bits per heavy atom. The average molecular weight is 299 g/mol. The molecule has 4 nitrogen and oxygen atoms in total. The Morgan fingerprint density at radius 1 is 1.47 bits per heavy atom. The van der Waals surface area contributed by atoms with Crippen LogP contribution in [0.3, 0.4) is 0 Å². The quantitative estimate of drug-likeness (QED) is 0.898. The highest BCUT2D eigenvalue weighted by Crippen LogP contribution is 2.20. The van der Waals surface area contributed by atoms with Crippen molar-refractivity contribution in [3.63, 3.8) is 0 Å². The molecule has 0 aliphatic carbocycles. The number of hydrogen-bond acceptors (Lipinski definition) is 4. The summed E-state index contributed by atoms with van der Waals surface area (Å²) in [5.41, 5.74) is 0.184. The van der Waals surface area contributed by atoms with Crippen LogP contribution in [0.1, 0.15) is 28.3 Å². The van der Waals surface area contributed by atoms with Crippen molar-refractivity contribution >= 4 is 42.1 Å². The van der Waals surface area contributed by atoms with Crippen LogP contribution < -0.4 is 5.32 Å². The summed E-state index contributed by atoms with van der Waals surface area (Å²) in [6, 6.07) is 0. The van der Waals surface area contributed by atoms with E-state index in [1.165, 1.54) is 24.2 Å². The van der Waals surface area contributed by atoms with Crippen molar-refractivity contribution in [2.24, 2.45) is 5.92 Å². The zero-order valence-electron chi connectivity index (χ0n) is 9.22. The van der Waals surface area contributed by atoms with E-state index < -0.39 is 5.97 Å². The van der Waals surface area contributed by atoms with Gasteiger partial charge < -0.3 is 10.4 Å². The topological polar surface area (TPSA) is 62.2 Å². The molecule has 0 bridgehead atoms. The SMILES string of the molecule is Cl.Cl.O=C(O)c1csc(CC2CCNCC2)n1. The maximum atomic E-state index is 10.6. The second-order valence-corrected chi connectivity index (χ2v) is 4.77. The molecule has 0 atom stereocenters. The second kappa shape index (κ2) is 7.87. The highest BCUT2D eigenvalue weighted by atomic mass is 35.5. The Hall–Kier alpha value is -0.360. The summed E-state index contributed by atoms with van der Waals surface area (Å²) in [6.07, 6.45) is 3.27. The van der Waals surface area contributed by atoms with Crippen LogP contribution in [-0.4, -0.2) is 29.1 Å². The van der Waals surface area contributed by atoms with E-state index in [9.17, 15) is 4.79 Å². The van der Waals surface area contributed by atoms with Crippen LogP contribution in [0.25, 0.3) is 0 Å². The molecular formula is C10H16Cl2N2O2S. The number of carbonyl (C=O) groups is 1. The first-order valence-corrected chi connectivity index (χ1v) is 6.02. The third-order valence-electron chi connectivity index (χ3n) is 2.69. The van der Waals surface area contributed by atoms with E-state index in [0.717, 1.165) is 24.5 Å². The smallest absolute Gasteiger partial charge is 0.355 e. The number of thiazole rings is 1. The number of halogens is 2. The third-order valence-corrected chi connectivity index (χ3v) is 3.56. The van der Waals surface area contributed by atoms with Gasteiger partial charge in [-0.15, -0.1) is 36.2 Å². The molecule has 1 aromatic heterocycles. The molecule has 17 heavy (non-hydrogen) atoms. The summed E-state index contributed by atoms with van der Waals surface area (Å²) in [5, 5.41) is 14.6. The monoisotopic (exact) mass is 298 g/mol. The van der Waals surface area contributed by atoms with Crippen molar-refractivity contribution < 1.29 is 9.90 Å². The van der Waals surface area contributed by atoms with E-state index in [4.69, 9.17) is 5.11 Å². The van der Waals surface area contributed by atoms with Gasteiger partial charge in [0, 0.05) is 11.8 Å². The molecule has 7 heteroatoms. The lowest BCUT2D eigenvalue weighted by Gasteiger charge is -2.21. The molecule has 1 fully saturated rings. The average Bonchev–Trinajstić information content (AvgIpc) is 2.68. The minimum absolute atomic E-state index is 0. The number of nitrogens with zero attached hydrogens (tertiary/aromatic N) is 1. The zero-order valence-corrected chi connectivity index (χ0v) is 11.7. The summed E-state index contributed by atoms with van der Waals surface area (Å²) in [5.74, 6) is -0.262. The second-order valence-electron chi connectivity index (χ2n) is 3.83. The van der Waals surface area contributed by atoms with Gasteiger partial charge in [0.2, 0.25) is 0 Å². The van der Waals surface area contributed by atoms with Gasteiger partial charge in [0.1, 0.15) is 0 Å². The standard InChI is InChI=1S/C10H14N2O2S.2ClH/c13-10(14)8-6-15-9(12-8)5-7-1-3-11-4-2-7;;/h6-7,11H,1-5H2,(H,13,14);2*1H. The van der Waals surface area contributed by atoms with Crippen LogP contribution >= 0.6 is 36.2 Å². The van der Waals surface area contributed by atoms with Gasteiger partial charge in [-0.1, -0.05) is 0 Å². The van der Waals surface area contributed by atoms with Gasteiger partial charge in [-0.25, -0.2) is 9.78 Å². The fraction of sp³-hybridized carbons (Fsp3) is 0.600. The van der Waals surface area contributed by atoms with Crippen LogP contribution in [0.2, 0.25) is 0 Å². The van der Waals surface area contributed by atoms with Gasteiger partial charge in [-0.3, -0.25) is 0 Å². The van der Waals surface area contributed by atoms with Crippen molar-refractivity contribution in [1.82, 2.24) is 10.3 Å². The number of aromatic nitrogens is 1. The van der Waals surface area contributed by atoms with E-state index in [2.05, 4.69) is 10.3 Å². The van der Waals surface area contributed by atoms with E-state index in [1.807, 2.05) is 0 Å². The van der Waals surface area contributed by atoms with Crippen molar-refractivity contribution in [1.29, 1.82) is 0 Å². The van der Waals surface area contributed by atoms with Crippen molar-refractivity contribution in [3.05, 3.63) is 16.1 Å². The van der Waals surface area contributed by atoms with Crippen LogP contribution in [0, 0.1) is 5.92 Å². The molecule has 1 aliphatic heterocycles. The largest absolute Gasteiger partial charge is 0.476 e. The molecule has 1 aliphatic rings. The zero-order chi connectivity index (χ0) is 10.7. The Morgan fingerprint density at radius 2 is 2.12 bits per heavy atom. The third kappa shape index (κ3) is 4.79.